The van der Waals surface area contributed by atoms with E-state index in [-0.39, 0.29) is 23.6 Å². The van der Waals surface area contributed by atoms with E-state index in [1.54, 1.807) is 0 Å². The van der Waals surface area contributed by atoms with Gasteiger partial charge < -0.3 is 14.8 Å². The molecular formula is C19H14F3NO5. The van der Waals surface area contributed by atoms with Gasteiger partial charge in [-0.2, -0.15) is 13.2 Å². The van der Waals surface area contributed by atoms with Crippen molar-refractivity contribution in [3.05, 3.63) is 59.2 Å². The Morgan fingerprint density at radius 3 is 2.68 bits per heavy atom. The largest absolute Gasteiger partial charge is 0.482 e. The molecule has 0 aromatic heterocycles. The van der Waals surface area contributed by atoms with Crippen molar-refractivity contribution in [2.45, 2.75) is 12.6 Å². The fraction of sp³-hybridized carbons (Fsp3) is 0.211. The minimum atomic E-state index is -4.51. The predicted molar refractivity (Wildman–Crippen MR) is 91.0 cm³/mol. The summed E-state index contributed by atoms with van der Waals surface area (Å²) in [7, 11) is 0. The number of ether oxygens (including phenoxy) is 2. The first kappa shape index (κ1) is 19.4. The Kier molecular flexibility index (Phi) is 5.34. The predicted octanol–water partition coefficient (Wildman–Crippen LogP) is 3.00. The third-order valence-corrected chi connectivity index (χ3v) is 3.90. The summed E-state index contributed by atoms with van der Waals surface area (Å²) in [6.45, 7) is -0.696. The number of anilines is 1. The van der Waals surface area contributed by atoms with Crippen molar-refractivity contribution in [3.8, 4) is 5.75 Å². The number of rotatable bonds is 5. The van der Waals surface area contributed by atoms with Gasteiger partial charge in [0.25, 0.3) is 5.91 Å². The van der Waals surface area contributed by atoms with E-state index in [4.69, 9.17) is 9.47 Å². The quantitative estimate of drug-likeness (QED) is 0.624. The third-order valence-electron chi connectivity index (χ3n) is 3.90. The van der Waals surface area contributed by atoms with Gasteiger partial charge in [0, 0.05) is 5.56 Å². The van der Waals surface area contributed by atoms with Crippen LogP contribution in [0.3, 0.4) is 0 Å². The molecule has 0 unspecified atom stereocenters. The first-order chi connectivity index (χ1) is 13.2. The smallest absolute Gasteiger partial charge is 0.416 e. The summed E-state index contributed by atoms with van der Waals surface area (Å²) in [6.07, 6.45) is -4.91. The molecule has 0 radical (unpaired) electrons. The van der Waals surface area contributed by atoms with Gasteiger partial charge in [-0.05, 0) is 29.8 Å². The highest BCUT2D eigenvalue weighted by Gasteiger charge is 2.30. The standard InChI is InChI=1S/C19H14F3NO5/c20-19(21,22)13-3-1-2-11(6-13)7-18(26)28-9-15(24)12-4-5-16-14(8-12)23-17(25)10-27-16/h1-6,8H,7,9-10H2,(H,23,25). The topological polar surface area (TPSA) is 81.7 Å². The molecule has 2 aromatic carbocycles. The number of halogens is 3. The Balaban J connectivity index is 1.58. The number of carbonyl (C=O) groups is 3. The molecule has 2 aromatic rings. The van der Waals surface area contributed by atoms with Crippen LogP contribution >= 0.6 is 0 Å². The van der Waals surface area contributed by atoms with Gasteiger partial charge in [-0.25, -0.2) is 0 Å². The number of Topliss-reactive ketones (excluding diaryl/α,β-unsaturated/α-hetero) is 1. The molecule has 28 heavy (non-hydrogen) atoms. The molecule has 1 aliphatic rings. The van der Waals surface area contributed by atoms with Crippen molar-refractivity contribution in [3.63, 3.8) is 0 Å². The van der Waals surface area contributed by atoms with E-state index in [2.05, 4.69) is 5.32 Å². The van der Waals surface area contributed by atoms with Crippen LogP contribution in [0.15, 0.2) is 42.5 Å². The fourth-order valence-electron chi connectivity index (χ4n) is 2.56. The Bertz CT molecular complexity index is 939. The van der Waals surface area contributed by atoms with Crippen LogP contribution < -0.4 is 10.1 Å². The summed E-state index contributed by atoms with van der Waals surface area (Å²) in [5, 5.41) is 2.55. The zero-order valence-corrected chi connectivity index (χ0v) is 14.3. The number of hydrogen-bond donors (Lipinski definition) is 1. The number of amides is 1. The maximum Gasteiger partial charge on any atom is 0.416 e. The molecule has 0 spiro atoms. The molecule has 3 rings (SSSR count). The first-order valence-corrected chi connectivity index (χ1v) is 8.14. The number of esters is 1. The maximum atomic E-state index is 12.7. The number of benzene rings is 2. The highest BCUT2D eigenvalue weighted by Crippen LogP contribution is 2.30. The lowest BCUT2D eigenvalue weighted by Crippen LogP contribution is -2.25. The van der Waals surface area contributed by atoms with Gasteiger partial charge in [-0.1, -0.05) is 18.2 Å². The van der Waals surface area contributed by atoms with E-state index >= 15 is 0 Å². The average Bonchev–Trinajstić information content (AvgIpc) is 2.65. The Hall–Kier alpha value is -3.36. The van der Waals surface area contributed by atoms with Gasteiger partial charge in [-0.3, -0.25) is 14.4 Å². The normalized spacial score (nSPS) is 13.2. The van der Waals surface area contributed by atoms with Crippen LogP contribution in [-0.2, 0) is 26.9 Å². The number of carbonyl (C=O) groups excluding carboxylic acids is 3. The van der Waals surface area contributed by atoms with E-state index < -0.39 is 36.5 Å². The Morgan fingerprint density at radius 1 is 1.14 bits per heavy atom. The number of alkyl halides is 3. The van der Waals surface area contributed by atoms with Gasteiger partial charge >= 0.3 is 12.1 Å². The minimum absolute atomic E-state index is 0.118. The van der Waals surface area contributed by atoms with E-state index in [1.165, 1.54) is 30.3 Å². The monoisotopic (exact) mass is 393 g/mol. The lowest BCUT2D eigenvalue weighted by Gasteiger charge is -2.18. The van der Waals surface area contributed by atoms with Crippen molar-refractivity contribution in [1.82, 2.24) is 0 Å². The molecule has 6 nitrogen and oxygen atoms in total. The Labute approximate surface area is 157 Å². The highest BCUT2D eigenvalue weighted by molar-refractivity contribution is 6.01. The molecule has 0 aliphatic carbocycles. The summed E-state index contributed by atoms with van der Waals surface area (Å²) in [4.78, 5) is 35.3. The lowest BCUT2D eigenvalue weighted by molar-refractivity contribution is -0.142. The van der Waals surface area contributed by atoms with Gasteiger partial charge in [0.1, 0.15) is 5.75 Å². The van der Waals surface area contributed by atoms with E-state index in [1.807, 2.05) is 0 Å². The molecular weight excluding hydrogens is 379 g/mol. The van der Waals surface area contributed by atoms with Crippen LogP contribution in [0.5, 0.6) is 5.75 Å². The molecule has 1 aliphatic heterocycles. The maximum absolute atomic E-state index is 12.7. The molecule has 0 saturated carbocycles. The van der Waals surface area contributed by atoms with Crippen LogP contribution in [0.25, 0.3) is 0 Å². The van der Waals surface area contributed by atoms with Crippen LogP contribution in [0.1, 0.15) is 21.5 Å². The molecule has 1 heterocycles. The summed E-state index contributed by atoms with van der Waals surface area (Å²) in [6, 6.07) is 8.68. The summed E-state index contributed by atoms with van der Waals surface area (Å²) >= 11 is 0. The molecule has 0 fully saturated rings. The van der Waals surface area contributed by atoms with Crippen molar-refractivity contribution in [2.75, 3.05) is 18.5 Å². The highest BCUT2D eigenvalue weighted by atomic mass is 19.4. The molecule has 0 bridgehead atoms. The van der Waals surface area contributed by atoms with Gasteiger partial charge in [0.2, 0.25) is 0 Å². The number of ketones is 1. The first-order valence-electron chi connectivity index (χ1n) is 8.14. The van der Waals surface area contributed by atoms with E-state index in [9.17, 15) is 27.6 Å². The van der Waals surface area contributed by atoms with Crippen molar-refractivity contribution >= 4 is 23.3 Å². The second-order valence-corrected chi connectivity index (χ2v) is 6.01. The van der Waals surface area contributed by atoms with Gasteiger partial charge in [0.05, 0.1) is 17.7 Å². The van der Waals surface area contributed by atoms with Crippen molar-refractivity contribution < 1.29 is 37.0 Å². The van der Waals surface area contributed by atoms with Gasteiger partial charge in [0.15, 0.2) is 19.0 Å². The minimum Gasteiger partial charge on any atom is -0.482 e. The number of hydrogen-bond acceptors (Lipinski definition) is 5. The average molecular weight is 393 g/mol. The lowest BCUT2D eigenvalue weighted by atomic mass is 10.1. The summed E-state index contributed by atoms with van der Waals surface area (Å²) in [5.41, 5.74) is -0.220. The second-order valence-electron chi connectivity index (χ2n) is 6.01. The fourth-order valence-corrected chi connectivity index (χ4v) is 2.56. The SMILES string of the molecule is O=C1COc2ccc(C(=O)COC(=O)Cc3cccc(C(F)(F)F)c3)cc2N1. The molecule has 1 amide bonds. The van der Waals surface area contributed by atoms with Crippen molar-refractivity contribution in [1.29, 1.82) is 0 Å². The number of nitrogens with one attached hydrogen (secondary N) is 1. The zero-order valence-electron chi connectivity index (χ0n) is 14.3. The number of fused-ring (bicyclic) bond motifs is 1. The van der Waals surface area contributed by atoms with Crippen LogP contribution in [0.2, 0.25) is 0 Å². The summed E-state index contributed by atoms with van der Waals surface area (Å²) < 4.78 is 48.1. The second kappa shape index (κ2) is 7.71. The van der Waals surface area contributed by atoms with Crippen LogP contribution in [-0.4, -0.2) is 30.9 Å². The van der Waals surface area contributed by atoms with Crippen molar-refractivity contribution in [2.24, 2.45) is 0 Å². The molecule has 1 N–H and O–H groups in total. The van der Waals surface area contributed by atoms with Gasteiger partial charge in [-0.15, -0.1) is 0 Å². The molecule has 146 valence electrons. The Morgan fingerprint density at radius 2 is 1.93 bits per heavy atom. The molecule has 0 saturated heterocycles. The van der Waals surface area contributed by atoms with Crippen LogP contribution in [0.4, 0.5) is 18.9 Å². The molecule has 9 heteroatoms. The van der Waals surface area contributed by atoms with E-state index in [0.29, 0.717) is 11.4 Å². The molecule has 0 atom stereocenters. The third kappa shape index (κ3) is 4.67. The summed E-state index contributed by atoms with van der Waals surface area (Å²) in [5.74, 6) is -1.30. The van der Waals surface area contributed by atoms with Crippen LogP contribution in [0, 0.1) is 0 Å². The van der Waals surface area contributed by atoms with E-state index in [0.717, 1.165) is 12.1 Å². The zero-order chi connectivity index (χ0) is 20.3.